The predicted molar refractivity (Wildman–Crippen MR) is 45.9 cm³/mol. The van der Waals surface area contributed by atoms with E-state index in [9.17, 15) is 0 Å². The van der Waals surface area contributed by atoms with Gasteiger partial charge in [-0.3, -0.25) is 0 Å². The normalized spacial score (nSPS) is 41.2. The highest BCUT2D eigenvalue weighted by Crippen LogP contribution is 2.23. The molecule has 3 heteroatoms. The maximum absolute atomic E-state index is 5.67. The fourth-order valence-electron chi connectivity index (χ4n) is 1.73. The van der Waals surface area contributed by atoms with Crippen molar-refractivity contribution in [3.05, 3.63) is 0 Å². The number of hydrogen-bond donors (Lipinski definition) is 1. The summed E-state index contributed by atoms with van der Waals surface area (Å²) in [5, 5.41) is 0. The van der Waals surface area contributed by atoms with Gasteiger partial charge >= 0.3 is 0 Å². The van der Waals surface area contributed by atoms with Crippen LogP contribution in [0, 0.1) is 5.92 Å². The molecule has 0 amide bonds. The van der Waals surface area contributed by atoms with Crippen LogP contribution in [0.1, 0.15) is 19.3 Å². The van der Waals surface area contributed by atoms with Crippen molar-refractivity contribution in [2.24, 2.45) is 11.7 Å². The van der Waals surface area contributed by atoms with Crippen molar-refractivity contribution in [3.63, 3.8) is 0 Å². The number of rotatable bonds is 3. The lowest BCUT2D eigenvalue weighted by Gasteiger charge is -2.32. The van der Waals surface area contributed by atoms with E-state index in [0.717, 1.165) is 32.7 Å². The molecule has 0 aromatic carbocycles. The highest BCUT2D eigenvalue weighted by molar-refractivity contribution is 4.83. The molecule has 0 bridgehead atoms. The van der Waals surface area contributed by atoms with E-state index in [0.29, 0.717) is 18.1 Å². The first kappa shape index (κ1) is 8.48. The van der Waals surface area contributed by atoms with Gasteiger partial charge in [-0.25, -0.2) is 0 Å². The van der Waals surface area contributed by atoms with Crippen LogP contribution in [0.3, 0.4) is 0 Å². The molecule has 1 saturated carbocycles. The molecule has 1 aliphatic carbocycles. The smallest absolute Gasteiger partial charge is 0.0604 e. The van der Waals surface area contributed by atoms with Gasteiger partial charge in [-0.2, -0.15) is 0 Å². The fourth-order valence-corrected chi connectivity index (χ4v) is 1.73. The first-order valence-electron chi connectivity index (χ1n) is 4.79. The number of hydrogen-bond acceptors (Lipinski definition) is 3. The van der Waals surface area contributed by atoms with Crippen LogP contribution >= 0.6 is 0 Å². The third-order valence-electron chi connectivity index (χ3n) is 2.72. The summed E-state index contributed by atoms with van der Waals surface area (Å²) in [7, 11) is 0. The zero-order valence-electron chi connectivity index (χ0n) is 7.37. The largest absolute Gasteiger partial charge is 0.381 e. The van der Waals surface area contributed by atoms with Gasteiger partial charge in [-0.15, -0.1) is 0 Å². The van der Waals surface area contributed by atoms with Crippen molar-refractivity contribution in [1.82, 2.24) is 0 Å². The molecule has 1 saturated heterocycles. The molecular formula is C9H17NO2. The molecule has 1 atom stereocenters. The van der Waals surface area contributed by atoms with Gasteiger partial charge in [0.1, 0.15) is 0 Å². The van der Waals surface area contributed by atoms with Crippen LogP contribution < -0.4 is 5.73 Å². The Morgan fingerprint density at radius 1 is 1.42 bits per heavy atom. The Morgan fingerprint density at radius 2 is 2.25 bits per heavy atom. The molecule has 0 spiro atoms. The quantitative estimate of drug-likeness (QED) is 0.673. The van der Waals surface area contributed by atoms with Crippen LogP contribution in [-0.4, -0.2) is 32.0 Å². The van der Waals surface area contributed by atoms with Gasteiger partial charge < -0.3 is 15.2 Å². The summed E-state index contributed by atoms with van der Waals surface area (Å²) in [6, 6.07) is 0.398. The van der Waals surface area contributed by atoms with E-state index in [1.807, 2.05) is 0 Å². The summed E-state index contributed by atoms with van der Waals surface area (Å²) in [5.74, 6) is 0.641. The van der Waals surface area contributed by atoms with Crippen molar-refractivity contribution in [2.45, 2.75) is 31.4 Å². The first-order valence-corrected chi connectivity index (χ1v) is 4.79. The van der Waals surface area contributed by atoms with Gasteiger partial charge in [0, 0.05) is 18.6 Å². The Morgan fingerprint density at radius 3 is 2.83 bits per heavy atom. The summed E-state index contributed by atoms with van der Waals surface area (Å²) >= 11 is 0. The Labute approximate surface area is 73.2 Å². The monoisotopic (exact) mass is 171 g/mol. The molecule has 3 nitrogen and oxygen atoms in total. The van der Waals surface area contributed by atoms with Crippen molar-refractivity contribution in [3.8, 4) is 0 Å². The standard InChI is InChI=1S/C9H17NO2/c10-8-3-9(4-8)12-6-7-1-2-11-5-7/h7-9H,1-6,10H2. The molecule has 0 aromatic rings. The minimum Gasteiger partial charge on any atom is -0.381 e. The zero-order chi connectivity index (χ0) is 8.39. The topological polar surface area (TPSA) is 44.5 Å². The maximum Gasteiger partial charge on any atom is 0.0604 e. The molecule has 0 radical (unpaired) electrons. The van der Waals surface area contributed by atoms with Gasteiger partial charge in [-0.05, 0) is 19.3 Å². The van der Waals surface area contributed by atoms with E-state index < -0.39 is 0 Å². The molecular weight excluding hydrogens is 154 g/mol. The average Bonchev–Trinajstić information content (AvgIpc) is 2.47. The van der Waals surface area contributed by atoms with Gasteiger partial charge in [0.2, 0.25) is 0 Å². The lowest BCUT2D eigenvalue weighted by atomic mass is 9.90. The zero-order valence-corrected chi connectivity index (χ0v) is 7.37. The molecule has 1 aliphatic heterocycles. The van der Waals surface area contributed by atoms with Crippen LogP contribution in [0.25, 0.3) is 0 Å². The number of nitrogens with two attached hydrogens (primary N) is 1. The highest BCUT2D eigenvalue weighted by Gasteiger charge is 2.27. The minimum absolute atomic E-state index is 0.398. The molecule has 70 valence electrons. The maximum atomic E-state index is 5.67. The molecule has 0 aromatic heterocycles. The third-order valence-corrected chi connectivity index (χ3v) is 2.72. The molecule has 2 N–H and O–H groups in total. The minimum atomic E-state index is 0.398. The van der Waals surface area contributed by atoms with Crippen LogP contribution in [0.5, 0.6) is 0 Å². The Kier molecular flexibility index (Phi) is 2.63. The second-order valence-corrected chi connectivity index (χ2v) is 3.92. The lowest BCUT2D eigenvalue weighted by molar-refractivity contribution is -0.0258. The van der Waals surface area contributed by atoms with Crippen molar-refractivity contribution >= 4 is 0 Å². The first-order chi connectivity index (χ1) is 5.84. The summed E-state index contributed by atoms with van der Waals surface area (Å²) in [5.41, 5.74) is 5.65. The average molecular weight is 171 g/mol. The molecule has 1 unspecified atom stereocenters. The molecule has 12 heavy (non-hydrogen) atoms. The summed E-state index contributed by atoms with van der Waals surface area (Å²) < 4.78 is 10.9. The van der Waals surface area contributed by atoms with Crippen LogP contribution in [0.15, 0.2) is 0 Å². The van der Waals surface area contributed by atoms with Gasteiger partial charge in [0.15, 0.2) is 0 Å². The SMILES string of the molecule is NC1CC(OCC2CCOC2)C1. The van der Waals surface area contributed by atoms with E-state index in [-0.39, 0.29) is 0 Å². The van der Waals surface area contributed by atoms with E-state index in [2.05, 4.69) is 0 Å². The third kappa shape index (κ3) is 1.97. The predicted octanol–water partition coefficient (Wildman–Crippen LogP) is 0.529. The van der Waals surface area contributed by atoms with E-state index in [1.165, 1.54) is 6.42 Å². The molecule has 1 heterocycles. The molecule has 2 rings (SSSR count). The number of ether oxygens (including phenoxy) is 2. The Bertz CT molecular complexity index is 139. The molecule has 2 aliphatic rings. The van der Waals surface area contributed by atoms with Gasteiger partial charge in [-0.1, -0.05) is 0 Å². The summed E-state index contributed by atoms with van der Waals surface area (Å²) in [6.07, 6.45) is 3.71. The fraction of sp³-hybridized carbons (Fsp3) is 1.00. The van der Waals surface area contributed by atoms with Crippen molar-refractivity contribution in [1.29, 1.82) is 0 Å². The Balaban J connectivity index is 1.56. The van der Waals surface area contributed by atoms with Crippen molar-refractivity contribution < 1.29 is 9.47 Å². The summed E-state index contributed by atoms with van der Waals surface area (Å²) in [6.45, 7) is 2.67. The second kappa shape index (κ2) is 3.73. The van der Waals surface area contributed by atoms with Gasteiger partial charge in [0.25, 0.3) is 0 Å². The Hall–Kier alpha value is -0.120. The lowest BCUT2D eigenvalue weighted by Crippen LogP contribution is -2.42. The van der Waals surface area contributed by atoms with E-state index in [1.54, 1.807) is 0 Å². The molecule has 2 fully saturated rings. The van der Waals surface area contributed by atoms with Crippen LogP contribution in [-0.2, 0) is 9.47 Å². The highest BCUT2D eigenvalue weighted by atomic mass is 16.5. The second-order valence-electron chi connectivity index (χ2n) is 3.92. The van der Waals surface area contributed by atoms with Gasteiger partial charge in [0.05, 0.1) is 19.3 Å². The van der Waals surface area contributed by atoms with Crippen molar-refractivity contribution in [2.75, 3.05) is 19.8 Å². The van der Waals surface area contributed by atoms with E-state index >= 15 is 0 Å². The summed E-state index contributed by atoms with van der Waals surface area (Å²) in [4.78, 5) is 0. The van der Waals surface area contributed by atoms with E-state index in [4.69, 9.17) is 15.2 Å². The van der Waals surface area contributed by atoms with Crippen LogP contribution in [0.4, 0.5) is 0 Å². The van der Waals surface area contributed by atoms with Crippen LogP contribution in [0.2, 0.25) is 0 Å².